The summed E-state index contributed by atoms with van der Waals surface area (Å²) in [6.45, 7) is 14.2. The molecule has 1 aliphatic heterocycles. The molecule has 1 heterocycles. The van der Waals surface area contributed by atoms with Gasteiger partial charge in [-0.2, -0.15) is 12.6 Å². The average Bonchev–Trinajstić information content (AvgIpc) is 2.11. The van der Waals surface area contributed by atoms with Crippen molar-refractivity contribution >= 4 is 12.6 Å². The number of hydrogen-bond acceptors (Lipinski definition) is 3. The zero-order valence-electron chi connectivity index (χ0n) is 12.1. The van der Waals surface area contributed by atoms with Crippen LogP contribution >= 0.6 is 12.6 Å². The van der Waals surface area contributed by atoms with Gasteiger partial charge in [-0.3, -0.25) is 4.90 Å². The molecule has 0 radical (unpaired) electrons. The van der Waals surface area contributed by atoms with Crippen molar-refractivity contribution in [1.82, 2.24) is 4.90 Å². The van der Waals surface area contributed by atoms with Crippen molar-refractivity contribution in [2.24, 2.45) is 5.92 Å². The number of morpholine rings is 1. The Morgan fingerprint density at radius 2 is 1.71 bits per heavy atom. The van der Waals surface area contributed by atoms with E-state index in [4.69, 9.17) is 4.74 Å². The first-order valence-corrected chi connectivity index (χ1v) is 7.44. The molecule has 0 aliphatic carbocycles. The van der Waals surface area contributed by atoms with E-state index in [1.54, 1.807) is 0 Å². The summed E-state index contributed by atoms with van der Waals surface area (Å²) in [6, 6.07) is 0. The molecule has 0 saturated carbocycles. The van der Waals surface area contributed by atoms with Gasteiger partial charge in [0.1, 0.15) is 0 Å². The van der Waals surface area contributed by atoms with Crippen molar-refractivity contribution in [3.63, 3.8) is 0 Å². The highest BCUT2D eigenvalue weighted by Crippen LogP contribution is 2.28. The molecule has 0 aromatic rings. The standard InChI is InChI=1S/C14H29NOS/c1-6-7-12(9-17)8-15-10-13(2,3)16-14(4,5)11-15/h12,17H,6-11H2,1-5H3. The molecule has 0 bridgehead atoms. The van der Waals surface area contributed by atoms with Gasteiger partial charge in [0.2, 0.25) is 0 Å². The summed E-state index contributed by atoms with van der Waals surface area (Å²) in [5.41, 5.74) is -0.0653. The van der Waals surface area contributed by atoms with Crippen LogP contribution in [0.15, 0.2) is 0 Å². The molecule has 17 heavy (non-hydrogen) atoms. The zero-order chi connectivity index (χ0) is 13.1. The van der Waals surface area contributed by atoms with Crippen molar-refractivity contribution in [2.45, 2.75) is 58.7 Å². The fraction of sp³-hybridized carbons (Fsp3) is 1.00. The van der Waals surface area contributed by atoms with Crippen molar-refractivity contribution in [3.05, 3.63) is 0 Å². The van der Waals surface area contributed by atoms with Gasteiger partial charge in [0.05, 0.1) is 11.2 Å². The van der Waals surface area contributed by atoms with Crippen molar-refractivity contribution in [2.75, 3.05) is 25.4 Å². The largest absolute Gasteiger partial charge is 0.367 e. The minimum absolute atomic E-state index is 0.0326. The molecule has 3 heteroatoms. The third kappa shape index (κ3) is 5.19. The summed E-state index contributed by atoms with van der Waals surface area (Å²) in [7, 11) is 0. The first-order chi connectivity index (χ1) is 7.78. The van der Waals surface area contributed by atoms with Gasteiger partial charge in [-0.1, -0.05) is 13.3 Å². The van der Waals surface area contributed by atoms with Crippen LogP contribution in [-0.4, -0.2) is 41.5 Å². The second kappa shape index (κ2) is 5.94. The lowest BCUT2D eigenvalue weighted by atomic mass is 9.96. The Morgan fingerprint density at radius 1 is 1.18 bits per heavy atom. The first kappa shape index (κ1) is 15.3. The molecule has 0 spiro atoms. The average molecular weight is 259 g/mol. The predicted molar refractivity (Wildman–Crippen MR) is 77.9 cm³/mol. The maximum Gasteiger partial charge on any atom is 0.0760 e. The molecule has 1 rings (SSSR count). The third-order valence-electron chi connectivity index (χ3n) is 3.23. The van der Waals surface area contributed by atoms with Crippen LogP contribution in [0, 0.1) is 5.92 Å². The van der Waals surface area contributed by atoms with Crippen LogP contribution in [0.5, 0.6) is 0 Å². The predicted octanol–water partition coefficient (Wildman–Crippen LogP) is 3.22. The smallest absolute Gasteiger partial charge is 0.0760 e. The van der Waals surface area contributed by atoms with Crippen LogP contribution in [-0.2, 0) is 4.74 Å². The summed E-state index contributed by atoms with van der Waals surface area (Å²) >= 11 is 4.48. The highest BCUT2D eigenvalue weighted by Gasteiger charge is 2.38. The van der Waals surface area contributed by atoms with E-state index >= 15 is 0 Å². The maximum absolute atomic E-state index is 6.11. The molecule has 0 N–H and O–H groups in total. The Balaban J connectivity index is 2.58. The first-order valence-electron chi connectivity index (χ1n) is 6.81. The lowest BCUT2D eigenvalue weighted by molar-refractivity contribution is -0.181. The Kier molecular flexibility index (Phi) is 5.36. The van der Waals surface area contributed by atoms with Gasteiger partial charge >= 0.3 is 0 Å². The highest BCUT2D eigenvalue weighted by atomic mass is 32.1. The van der Waals surface area contributed by atoms with Crippen LogP contribution in [0.3, 0.4) is 0 Å². The molecule has 0 aromatic carbocycles. The molecule has 102 valence electrons. The maximum atomic E-state index is 6.11. The molecule has 0 aromatic heterocycles. The zero-order valence-corrected chi connectivity index (χ0v) is 13.0. The lowest BCUT2D eigenvalue weighted by Gasteiger charge is -2.48. The topological polar surface area (TPSA) is 12.5 Å². The minimum Gasteiger partial charge on any atom is -0.367 e. The highest BCUT2D eigenvalue weighted by molar-refractivity contribution is 7.80. The summed E-state index contributed by atoms with van der Waals surface area (Å²) < 4.78 is 6.11. The molecule has 1 aliphatic rings. The quantitative estimate of drug-likeness (QED) is 0.761. The van der Waals surface area contributed by atoms with Gasteiger partial charge in [0, 0.05) is 19.6 Å². The van der Waals surface area contributed by atoms with E-state index in [2.05, 4.69) is 52.1 Å². The normalized spacial score (nSPS) is 25.8. The molecule has 1 saturated heterocycles. The molecular formula is C14H29NOS. The molecule has 1 atom stereocenters. The third-order valence-corrected chi connectivity index (χ3v) is 3.75. The number of thiol groups is 1. The summed E-state index contributed by atoms with van der Waals surface area (Å²) in [5, 5.41) is 0. The Labute approximate surface area is 113 Å². The SMILES string of the molecule is CCCC(CS)CN1CC(C)(C)OC(C)(C)C1. The van der Waals surface area contributed by atoms with Crippen LogP contribution < -0.4 is 0 Å². The Hall–Kier alpha value is 0.270. The Bertz CT molecular complexity index is 224. The van der Waals surface area contributed by atoms with E-state index in [-0.39, 0.29) is 11.2 Å². The second-order valence-corrected chi connectivity index (χ2v) is 6.99. The van der Waals surface area contributed by atoms with Crippen LogP contribution in [0.2, 0.25) is 0 Å². The van der Waals surface area contributed by atoms with Gasteiger partial charge in [0.15, 0.2) is 0 Å². The van der Waals surface area contributed by atoms with Gasteiger partial charge in [-0.25, -0.2) is 0 Å². The van der Waals surface area contributed by atoms with Gasteiger partial charge in [-0.05, 0) is 45.8 Å². The number of ether oxygens (including phenoxy) is 1. The minimum atomic E-state index is -0.0326. The van der Waals surface area contributed by atoms with Gasteiger partial charge < -0.3 is 4.74 Å². The van der Waals surface area contributed by atoms with E-state index in [0.717, 1.165) is 25.4 Å². The van der Waals surface area contributed by atoms with E-state index in [9.17, 15) is 0 Å². The van der Waals surface area contributed by atoms with Gasteiger partial charge in [0.25, 0.3) is 0 Å². The number of hydrogen-bond donors (Lipinski definition) is 1. The van der Waals surface area contributed by atoms with E-state index in [1.807, 2.05) is 0 Å². The molecular weight excluding hydrogens is 230 g/mol. The summed E-state index contributed by atoms with van der Waals surface area (Å²) in [4.78, 5) is 2.56. The Morgan fingerprint density at radius 3 is 2.12 bits per heavy atom. The van der Waals surface area contributed by atoms with Crippen LogP contribution in [0.4, 0.5) is 0 Å². The summed E-state index contributed by atoms with van der Waals surface area (Å²) in [5.74, 6) is 1.71. The fourth-order valence-corrected chi connectivity index (χ4v) is 3.39. The van der Waals surface area contributed by atoms with E-state index < -0.39 is 0 Å². The molecule has 2 nitrogen and oxygen atoms in total. The summed E-state index contributed by atoms with van der Waals surface area (Å²) in [6.07, 6.45) is 2.53. The fourth-order valence-electron chi connectivity index (χ4n) is 3.09. The van der Waals surface area contributed by atoms with E-state index in [0.29, 0.717) is 5.92 Å². The monoisotopic (exact) mass is 259 g/mol. The molecule has 1 unspecified atom stereocenters. The van der Waals surface area contributed by atoms with E-state index in [1.165, 1.54) is 12.8 Å². The lowest BCUT2D eigenvalue weighted by Crippen LogP contribution is -2.57. The van der Waals surface area contributed by atoms with Crippen molar-refractivity contribution in [1.29, 1.82) is 0 Å². The number of rotatable bonds is 5. The van der Waals surface area contributed by atoms with Crippen molar-refractivity contribution < 1.29 is 4.74 Å². The molecule has 0 amide bonds. The molecule has 1 fully saturated rings. The van der Waals surface area contributed by atoms with Gasteiger partial charge in [-0.15, -0.1) is 0 Å². The van der Waals surface area contributed by atoms with Crippen LogP contribution in [0.25, 0.3) is 0 Å². The second-order valence-electron chi connectivity index (χ2n) is 6.63. The van der Waals surface area contributed by atoms with Crippen LogP contribution in [0.1, 0.15) is 47.5 Å². The number of nitrogens with zero attached hydrogens (tertiary/aromatic N) is 1. The van der Waals surface area contributed by atoms with Crippen molar-refractivity contribution in [3.8, 4) is 0 Å².